The minimum atomic E-state index is -0.352. The van der Waals surface area contributed by atoms with Crippen LogP contribution in [-0.2, 0) is 11.3 Å². The van der Waals surface area contributed by atoms with Crippen molar-refractivity contribution in [2.75, 3.05) is 11.1 Å². The number of halogens is 2. The van der Waals surface area contributed by atoms with Gasteiger partial charge in [-0.1, -0.05) is 73.1 Å². The van der Waals surface area contributed by atoms with Crippen LogP contribution in [0.2, 0.25) is 10.0 Å². The lowest BCUT2D eigenvalue weighted by Gasteiger charge is -2.21. The summed E-state index contributed by atoms with van der Waals surface area (Å²) >= 11 is 13.2. The second-order valence-corrected chi connectivity index (χ2v) is 9.98. The summed E-state index contributed by atoms with van der Waals surface area (Å²) in [4.78, 5) is 25.4. The van der Waals surface area contributed by atoms with Gasteiger partial charge < -0.3 is 15.2 Å². The van der Waals surface area contributed by atoms with Gasteiger partial charge in [0.1, 0.15) is 0 Å². The smallest absolute Gasteiger partial charge is 0.251 e. The lowest BCUT2D eigenvalue weighted by Crippen LogP contribution is -2.31. The first kappa shape index (κ1) is 26.8. The molecule has 2 aromatic carbocycles. The number of carbonyl (C=O) groups excluding carboxylic acids is 2. The maximum Gasteiger partial charge on any atom is 0.251 e. The zero-order valence-electron chi connectivity index (χ0n) is 19.5. The van der Waals surface area contributed by atoms with Crippen molar-refractivity contribution in [2.24, 2.45) is 5.92 Å². The van der Waals surface area contributed by atoms with Crippen molar-refractivity contribution in [1.82, 2.24) is 20.1 Å². The van der Waals surface area contributed by atoms with Gasteiger partial charge in [-0.05, 0) is 42.7 Å². The van der Waals surface area contributed by atoms with Crippen LogP contribution >= 0.6 is 35.0 Å². The van der Waals surface area contributed by atoms with E-state index in [9.17, 15) is 9.59 Å². The molecule has 184 valence electrons. The van der Waals surface area contributed by atoms with Crippen LogP contribution in [0.25, 0.3) is 0 Å². The summed E-state index contributed by atoms with van der Waals surface area (Å²) < 4.78 is 1.88. The van der Waals surface area contributed by atoms with Crippen LogP contribution in [0, 0.1) is 5.92 Å². The Morgan fingerprint density at radius 3 is 2.51 bits per heavy atom. The fourth-order valence-electron chi connectivity index (χ4n) is 3.40. The molecule has 1 heterocycles. The Balaban J connectivity index is 1.75. The molecule has 2 amide bonds. The molecule has 1 atom stereocenters. The van der Waals surface area contributed by atoms with Crippen LogP contribution < -0.4 is 10.6 Å². The van der Waals surface area contributed by atoms with Crippen molar-refractivity contribution in [3.8, 4) is 0 Å². The zero-order valence-corrected chi connectivity index (χ0v) is 21.8. The number of benzene rings is 2. The van der Waals surface area contributed by atoms with Gasteiger partial charge in [0.05, 0.1) is 21.8 Å². The molecule has 0 aliphatic heterocycles. The Bertz CT molecular complexity index is 1180. The van der Waals surface area contributed by atoms with Gasteiger partial charge in [-0.15, -0.1) is 16.8 Å². The molecular formula is C25H27Cl2N5O2S. The third kappa shape index (κ3) is 7.59. The van der Waals surface area contributed by atoms with E-state index in [1.165, 1.54) is 11.8 Å². The monoisotopic (exact) mass is 531 g/mol. The van der Waals surface area contributed by atoms with Crippen LogP contribution in [0.3, 0.4) is 0 Å². The molecule has 0 spiro atoms. The van der Waals surface area contributed by atoms with Crippen LogP contribution in [0.4, 0.5) is 5.69 Å². The predicted molar refractivity (Wildman–Crippen MR) is 142 cm³/mol. The van der Waals surface area contributed by atoms with Gasteiger partial charge in [-0.2, -0.15) is 0 Å². The van der Waals surface area contributed by atoms with Crippen LogP contribution in [0.5, 0.6) is 0 Å². The highest BCUT2D eigenvalue weighted by molar-refractivity contribution is 7.99. The highest BCUT2D eigenvalue weighted by atomic mass is 35.5. The molecule has 0 bridgehead atoms. The maximum absolute atomic E-state index is 12.9. The third-order valence-electron chi connectivity index (χ3n) is 4.95. The first-order valence-electron chi connectivity index (χ1n) is 11.1. The average molecular weight is 532 g/mol. The molecule has 0 fully saturated rings. The molecule has 0 saturated carbocycles. The van der Waals surface area contributed by atoms with E-state index in [-0.39, 0.29) is 23.6 Å². The summed E-state index contributed by atoms with van der Waals surface area (Å²) in [5.41, 5.74) is 1.13. The Hall–Kier alpha value is -2.81. The first-order valence-corrected chi connectivity index (χ1v) is 12.8. The topological polar surface area (TPSA) is 88.9 Å². The first-order chi connectivity index (χ1) is 16.8. The molecular weight excluding hydrogens is 505 g/mol. The number of anilines is 1. The predicted octanol–water partition coefficient (Wildman–Crippen LogP) is 6.02. The number of amides is 2. The van der Waals surface area contributed by atoms with Gasteiger partial charge >= 0.3 is 0 Å². The average Bonchev–Trinajstić information content (AvgIpc) is 3.22. The Morgan fingerprint density at radius 1 is 1.11 bits per heavy atom. The molecule has 0 aliphatic carbocycles. The zero-order chi connectivity index (χ0) is 25.4. The summed E-state index contributed by atoms with van der Waals surface area (Å²) in [6.07, 6.45) is 2.41. The number of nitrogens with one attached hydrogen (secondary N) is 2. The number of nitrogens with zero attached hydrogens (tertiary/aromatic N) is 3. The quantitative estimate of drug-likeness (QED) is 0.233. The molecule has 0 aliphatic rings. The van der Waals surface area contributed by atoms with Crippen LogP contribution in [0.1, 0.15) is 42.5 Å². The maximum atomic E-state index is 12.9. The number of carbonyl (C=O) groups is 2. The van der Waals surface area contributed by atoms with Gasteiger partial charge in [-0.25, -0.2) is 0 Å². The van der Waals surface area contributed by atoms with E-state index < -0.39 is 0 Å². The van der Waals surface area contributed by atoms with Crippen molar-refractivity contribution in [2.45, 2.75) is 38.0 Å². The van der Waals surface area contributed by atoms with Crippen molar-refractivity contribution in [1.29, 1.82) is 0 Å². The fourth-order valence-corrected chi connectivity index (χ4v) is 4.45. The molecule has 35 heavy (non-hydrogen) atoms. The number of hydrogen-bond acceptors (Lipinski definition) is 5. The summed E-state index contributed by atoms with van der Waals surface area (Å²) in [5, 5.41) is 15.9. The van der Waals surface area contributed by atoms with Crippen molar-refractivity contribution >= 4 is 52.5 Å². The van der Waals surface area contributed by atoms with E-state index in [0.29, 0.717) is 51.2 Å². The Labute approximate surface area is 219 Å². The highest BCUT2D eigenvalue weighted by Gasteiger charge is 2.24. The lowest BCUT2D eigenvalue weighted by atomic mass is 10.0. The molecule has 1 unspecified atom stereocenters. The Kier molecular flexibility index (Phi) is 9.77. The molecule has 0 radical (unpaired) electrons. The molecule has 3 rings (SSSR count). The van der Waals surface area contributed by atoms with Gasteiger partial charge in [0, 0.05) is 17.8 Å². The van der Waals surface area contributed by atoms with Crippen molar-refractivity contribution in [3.63, 3.8) is 0 Å². The molecule has 2 N–H and O–H groups in total. The lowest BCUT2D eigenvalue weighted by molar-refractivity contribution is -0.113. The van der Waals surface area contributed by atoms with Gasteiger partial charge in [0.2, 0.25) is 5.91 Å². The van der Waals surface area contributed by atoms with E-state index in [1.807, 2.05) is 22.8 Å². The largest absolute Gasteiger partial charge is 0.342 e. The number of thioether (sulfide) groups is 1. The number of allylic oxidation sites excluding steroid dienone is 1. The second kappa shape index (κ2) is 12.8. The van der Waals surface area contributed by atoms with Gasteiger partial charge in [0.15, 0.2) is 11.0 Å². The minimum absolute atomic E-state index is 0.112. The van der Waals surface area contributed by atoms with E-state index >= 15 is 0 Å². The SMILES string of the molecule is C=CCn1c(SCC(=O)Nc2ccc(Cl)c(Cl)c2)nnc1C(CC(C)C)NC(=O)c1ccccc1. The third-order valence-corrected chi connectivity index (χ3v) is 6.66. The summed E-state index contributed by atoms with van der Waals surface area (Å²) in [5.74, 6) is 0.632. The number of rotatable bonds is 11. The molecule has 7 nitrogen and oxygen atoms in total. The van der Waals surface area contributed by atoms with E-state index in [1.54, 1.807) is 36.4 Å². The van der Waals surface area contributed by atoms with E-state index in [4.69, 9.17) is 23.2 Å². The van der Waals surface area contributed by atoms with Gasteiger partial charge in [-0.3, -0.25) is 9.59 Å². The Morgan fingerprint density at radius 2 is 1.86 bits per heavy atom. The number of aromatic nitrogens is 3. The normalized spacial score (nSPS) is 11.8. The van der Waals surface area contributed by atoms with Crippen molar-refractivity contribution < 1.29 is 9.59 Å². The second-order valence-electron chi connectivity index (χ2n) is 8.23. The fraction of sp³-hybridized carbons (Fsp3) is 0.280. The van der Waals surface area contributed by atoms with Crippen molar-refractivity contribution in [3.05, 3.63) is 82.6 Å². The summed E-state index contributed by atoms with van der Waals surface area (Å²) in [6, 6.07) is 13.6. The van der Waals surface area contributed by atoms with E-state index in [0.717, 1.165) is 0 Å². The van der Waals surface area contributed by atoms with Gasteiger partial charge in [0.25, 0.3) is 5.91 Å². The molecule has 1 aromatic heterocycles. The standard InChI is InChI=1S/C25H27Cl2N5O2S/c1-4-12-32-23(21(13-16(2)3)29-24(34)17-8-6-5-7-9-17)30-31-25(32)35-15-22(33)28-18-10-11-19(26)20(27)14-18/h4-11,14,16,21H,1,12-13,15H2,2-3H3,(H,28,33)(H,29,34). The molecule has 10 heteroatoms. The summed E-state index contributed by atoms with van der Waals surface area (Å²) in [6.45, 7) is 8.44. The number of hydrogen-bond donors (Lipinski definition) is 2. The minimum Gasteiger partial charge on any atom is -0.342 e. The summed E-state index contributed by atoms with van der Waals surface area (Å²) in [7, 11) is 0. The van der Waals surface area contributed by atoms with Crippen LogP contribution in [0.15, 0.2) is 66.3 Å². The van der Waals surface area contributed by atoms with E-state index in [2.05, 4.69) is 41.3 Å². The van der Waals surface area contributed by atoms with Crippen LogP contribution in [-0.4, -0.2) is 32.3 Å². The molecule has 3 aromatic rings. The highest BCUT2D eigenvalue weighted by Crippen LogP contribution is 2.27. The molecule has 0 saturated heterocycles.